The van der Waals surface area contributed by atoms with Gasteiger partial charge in [0.15, 0.2) is 0 Å². The Kier molecular flexibility index (Phi) is 4.31. The normalized spacial score (nSPS) is 24.7. The van der Waals surface area contributed by atoms with Crippen LogP contribution in [0.3, 0.4) is 0 Å². The van der Waals surface area contributed by atoms with Crippen molar-refractivity contribution in [2.75, 3.05) is 11.1 Å². The van der Waals surface area contributed by atoms with Crippen LogP contribution in [0.25, 0.3) is 0 Å². The van der Waals surface area contributed by atoms with Gasteiger partial charge in [-0.2, -0.15) is 11.8 Å². The maximum atomic E-state index is 13.7. The van der Waals surface area contributed by atoms with Crippen LogP contribution in [0.5, 0.6) is 0 Å². The predicted molar refractivity (Wildman–Crippen MR) is 72.6 cm³/mol. The van der Waals surface area contributed by atoms with Gasteiger partial charge in [-0.1, -0.05) is 6.92 Å². The molecular weight excluding hydrogens is 308 g/mol. The maximum absolute atomic E-state index is 13.7. The van der Waals surface area contributed by atoms with Crippen LogP contribution in [0.4, 0.5) is 14.5 Å². The lowest BCUT2D eigenvalue weighted by molar-refractivity contribution is 0.573. The quantitative estimate of drug-likeness (QED) is 0.865. The Labute approximate surface area is 112 Å². The molecule has 1 fully saturated rings. The smallest absolute Gasteiger partial charge is 0.150 e. The summed E-state index contributed by atoms with van der Waals surface area (Å²) in [6.07, 6.45) is 2.16. The molecule has 94 valence electrons. The molecule has 0 saturated carbocycles. The van der Waals surface area contributed by atoms with Gasteiger partial charge in [0, 0.05) is 21.8 Å². The van der Waals surface area contributed by atoms with Crippen molar-refractivity contribution in [3.05, 3.63) is 28.2 Å². The van der Waals surface area contributed by atoms with E-state index < -0.39 is 11.6 Å². The lowest BCUT2D eigenvalue weighted by atomic mass is 10.1. The fraction of sp³-hybridized carbons (Fsp3) is 0.500. The molecule has 1 aliphatic heterocycles. The van der Waals surface area contributed by atoms with Gasteiger partial charge in [-0.15, -0.1) is 0 Å². The molecule has 0 bridgehead atoms. The molecule has 1 aromatic rings. The van der Waals surface area contributed by atoms with Crippen molar-refractivity contribution in [3.63, 3.8) is 0 Å². The molecule has 0 radical (unpaired) electrons. The molecule has 1 heterocycles. The Morgan fingerprint density at radius 1 is 1.41 bits per heavy atom. The SMILES string of the molecule is CC1SCCCC1Nc1c(F)cc(F)cc1Br. The van der Waals surface area contributed by atoms with Gasteiger partial charge in [0.05, 0.1) is 5.69 Å². The fourth-order valence-corrected chi connectivity index (χ4v) is 3.64. The fourth-order valence-electron chi connectivity index (χ4n) is 1.98. The molecule has 2 atom stereocenters. The van der Waals surface area contributed by atoms with Crippen molar-refractivity contribution < 1.29 is 8.78 Å². The summed E-state index contributed by atoms with van der Waals surface area (Å²) in [4.78, 5) is 0. The van der Waals surface area contributed by atoms with Crippen molar-refractivity contribution in [2.24, 2.45) is 0 Å². The zero-order chi connectivity index (χ0) is 12.4. The summed E-state index contributed by atoms with van der Waals surface area (Å²) in [6.45, 7) is 2.14. The number of anilines is 1. The number of rotatable bonds is 2. The monoisotopic (exact) mass is 321 g/mol. The molecule has 1 aromatic carbocycles. The molecular formula is C12H14BrF2NS. The highest BCUT2D eigenvalue weighted by molar-refractivity contribution is 9.10. The standard InChI is InChI=1S/C12H14BrF2NS/c1-7-11(3-2-4-17-7)16-12-9(13)5-8(14)6-10(12)15/h5-7,11,16H,2-4H2,1H3. The van der Waals surface area contributed by atoms with Crippen LogP contribution in [-0.2, 0) is 0 Å². The van der Waals surface area contributed by atoms with Crippen molar-refractivity contribution in [3.8, 4) is 0 Å². The van der Waals surface area contributed by atoms with Crippen molar-refractivity contribution in [2.45, 2.75) is 31.1 Å². The molecule has 0 aromatic heterocycles. The van der Waals surface area contributed by atoms with Gasteiger partial charge in [0.1, 0.15) is 11.6 Å². The average Bonchev–Trinajstić information content (AvgIpc) is 2.25. The molecule has 1 aliphatic rings. The second-order valence-electron chi connectivity index (χ2n) is 4.21. The maximum Gasteiger partial charge on any atom is 0.150 e. The minimum absolute atomic E-state index is 0.241. The van der Waals surface area contributed by atoms with Gasteiger partial charge >= 0.3 is 0 Å². The topological polar surface area (TPSA) is 12.0 Å². The van der Waals surface area contributed by atoms with Crippen LogP contribution in [0.1, 0.15) is 19.8 Å². The van der Waals surface area contributed by atoms with Crippen molar-refractivity contribution in [1.29, 1.82) is 0 Å². The third-order valence-corrected chi connectivity index (χ3v) is 4.95. The summed E-state index contributed by atoms with van der Waals surface area (Å²) in [6, 6.07) is 2.43. The van der Waals surface area contributed by atoms with Gasteiger partial charge in [0.25, 0.3) is 0 Å². The molecule has 5 heteroatoms. The van der Waals surface area contributed by atoms with Gasteiger partial charge in [0.2, 0.25) is 0 Å². The summed E-state index contributed by atoms with van der Waals surface area (Å²) in [5, 5.41) is 3.63. The number of hydrogen-bond acceptors (Lipinski definition) is 2. The number of nitrogens with one attached hydrogen (secondary N) is 1. The minimum Gasteiger partial charge on any atom is -0.378 e. The average molecular weight is 322 g/mol. The highest BCUT2D eigenvalue weighted by Crippen LogP contribution is 2.32. The number of hydrogen-bond donors (Lipinski definition) is 1. The van der Waals surface area contributed by atoms with E-state index in [-0.39, 0.29) is 6.04 Å². The molecule has 0 amide bonds. The lowest BCUT2D eigenvalue weighted by Crippen LogP contribution is -2.33. The molecule has 1 N–H and O–H groups in total. The molecule has 0 aliphatic carbocycles. The predicted octanol–water partition coefficient (Wildman–Crippen LogP) is 4.42. The number of benzene rings is 1. The zero-order valence-electron chi connectivity index (χ0n) is 9.47. The highest BCUT2D eigenvalue weighted by atomic mass is 79.9. The first-order valence-electron chi connectivity index (χ1n) is 5.60. The first-order chi connectivity index (χ1) is 8.08. The Balaban J connectivity index is 2.17. The summed E-state index contributed by atoms with van der Waals surface area (Å²) in [5.41, 5.74) is 0.366. The van der Waals surface area contributed by atoms with Gasteiger partial charge in [-0.3, -0.25) is 0 Å². The minimum atomic E-state index is -0.564. The van der Waals surface area contributed by atoms with Crippen LogP contribution in [0, 0.1) is 11.6 Å². The second-order valence-corrected chi connectivity index (χ2v) is 6.55. The zero-order valence-corrected chi connectivity index (χ0v) is 11.9. The van der Waals surface area contributed by atoms with Crippen molar-refractivity contribution in [1.82, 2.24) is 0 Å². The van der Waals surface area contributed by atoms with Crippen LogP contribution < -0.4 is 5.32 Å². The molecule has 2 unspecified atom stereocenters. The Bertz CT molecular complexity index is 390. The van der Waals surface area contributed by atoms with Crippen LogP contribution in [0.2, 0.25) is 0 Å². The summed E-state index contributed by atoms with van der Waals surface area (Å²) in [7, 11) is 0. The number of thioether (sulfide) groups is 1. The van der Waals surface area contributed by atoms with Crippen molar-refractivity contribution >= 4 is 33.4 Å². The second kappa shape index (κ2) is 5.57. The van der Waals surface area contributed by atoms with Gasteiger partial charge in [-0.25, -0.2) is 8.78 Å². The molecule has 0 spiro atoms. The summed E-state index contributed by atoms with van der Waals surface area (Å²) < 4.78 is 27.1. The van der Waals surface area contributed by atoms with Crippen LogP contribution >= 0.6 is 27.7 Å². The molecule has 17 heavy (non-hydrogen) atoms. The Morgan fingerprint density at radius 3 is 2.82 bits per heavy atom. The summed E-state index contributed by atoms with van der Waals surface area (Å²) >= 11 is 5.08. The Hall–Kier alpha value is -0.290. The summed E-state index contributed by atoms with van der Waals surface area (Å²) in [5.74, 6) is 0.0533. The van der Waals surface area contributed by atoms with Crippen LogP contribution in [-0.4, -0.2) is 17.0 Å². The van der Waals surface area contributed by atoms with E-state index in [9.17, 15) is 8.78 Å². The first kappa shape index (κ1) is 13.1. The largest absolute Gasteiger partial charge is 0.378 e. The first-order valence-corrected chi connectivity index (χ1v) is 7.45. The lowest BCUT2D eigenvalue weighted by Gasteiger charge is -2.30. The van der Waals surface area contributed by atoms with E-state index in [0.29, 0.717) is 15.4 Å². The molecule has 1 nitrogen and oxygen atoms in total. The third kappa shape index (κ3) is 3.13. The van der Waals surface area contributed by atoms with E-state index >= 15 is 0 Å². The third-order valence-electron chi connectivity index (χ3n) is 2.94. The molecule has 2 rings (SSSR count). The van der Waals surface area contributed by atoms with E-state index in [0.717, 1.165) is 24.7 Å². The van der Waals surface area contributed by atoms with E-state index in [4.69, 9.17) is 0 Å². The van der Waals surface area contributed by atoms with Gasteiger partial charge in [-0.05, 0) is 40.6 Å². The Morgan fingerprint density at radius 2 is 2.18 bits per heavy atom. The van der Waals surface area contributed by atoms with E-state index in [1.54, 1.807) is 0 Å². The van der Waals surface area contributed by atoms with E-state index in [1.807, 2.05) is 11.8 Å². The highest BCUT2D eigenvalue weighted by Gasteiger charge is 2.23. The van der Waals surface area contributed by atoms with Crippen LogP contribution in [0.15, 0.2) is 16.6 Å². The van der Waals surface area contributed by atoms with E-state index in [1.165, 1.54) is 6.07 Å². The van der Waals surface area contributed by atoms with Gasteiger partial charge < -0.3 is 5.32 Å². The number of halogens is 3. The van der Waals surface area contributed by atoms with E-state index in [2.05, 4.69) is 28.2 Å². The molecule has 1 saturated heterocycles.